The monoisotopic (exact) mass is 335 g/mol. The fraction of sp³-hybridized carbons (Fsp3) is 0.133. The molecule has 0 bridgehead atoms. The lowest BCUT2D eigenvalue weighted by molar-refractivity contribution is 0.581. The average molecular weight is 336 g/mol. The van der Waals surface area contributed by atoms with Crippen LogP contribution in [0.3, 0.4) is 0 Å². The van der Waals surface area contributed by atoms with Crippen LogP contribution in [-0.4, -0.2) is 24.3 Å². The van der Waals surface area contributed by atoms with Crippen LogP contribution in [0.5, 0.6) is 0 Å². The van der Waals surface area contributed by atoms with E-state index >= 15 is 0 Å². The molecule has 1 aromatic carbocycles. The number of aromatic nitrogens is 2. The molecule has 114 valence electrons. The number of halogens is 1. The van der Waals surface area contributed by atoms with Crippen LogP contribution in [0.15, 0.2) is 59.8 Å². The lowest BCUT2D eigenvalue weighted by Gasteiger charge is -2.07. The summed E-state index contributed by atoms with van der Waals surface area (Å²) in [4.78, 5) is 4.51. The van der Waals surface area contributed by atoms with Crippen molar-refractivity contribution in [3.8, 4) is 0 Å². The van der Waals surface area contributed by atoms with E-state index in [0.29, 0.717) is 6.42 Å². The molecule has 3 rings (SSSR count). The van der Waals surface area contributed by atoms with Crippen LogP contribution in [0.25, 0.3) is 5.65 Å². The van der Waals surface area contributed by atoms with E-state index in [0.717, 1.165) is 11.3 Å². The van der Waals surface area contributed by atoms with Gasteiger partial charge in [0.2, 0.25) is 10.0 Å². The Morgan fingerprint density at radius 1 is 1.14 bits per heavy atom. The van der Waals surface area contributed by atoms with Crippen molar-refractivity contribution in [3.05, 3.63) is 65.6 Å². The first kappa shape index (κ1) is 15.0. The molecule has 5 nitrogen and oxygen atoms in total. The Bertz CT molecular complexity index is 873. The van der Waals surface area contributed by atoms with Crippen molar-refractivity contribution in [2.75, 3.05) is 6.54 Å². The zero-order valence-electron chi connectivity index (χ0n) is 11.6. The molecule has 0 atom stereocenters. The molecule has 0 saturated carbocycles. The summed E-state index contributed by atoms with van der Waals surface area (Å²) in [7, 11) is -3.61. The molecule has 0 aliphatic rings. The molecule has 0 unspecified atom stereocenters. The maximum absolute atomic E-state index is 12.2. The number of hydrogen-bond acceptors (Lipinski definition) is 3. The minimum Gasteiger partial charge on any atom is -0.307 e. The summed E-state index contributed by atoms with van der Waals surface area (Å²) in [5.74, 6) is 0. The molecule has 2 aromatic heterocycles. The fourth-order valence-corrected chi connectivity index (χ4v) is 3.71. The molecule has 0 fully saturated rings. The zero-order valence-corrected chi connectivity index (χ0v) is 13.2. The Labute approximate surface area is 133 Å². The standard InChI is InChI=1S/C15H14ClN3O2S/c16-13-5-1-2-6-14(13)22(20,21)17-9-8-12-11-19-10-4-3-7-15(19)18-12/h1-7,10-11,17H,8-9H2. The Morgan fingerprint density at radius 2 is 1.91 bits per heavy atom. The molecular formula is C15H14ClN3O2S. The number of hydrogen-bond donors (Lipinski definition) is 1. The Kier molecular flexibility index (Phi) is 4.15. The minimum atomic E-state index is -3.61. The highest BCUT2D eigenvalue weighted by Crippen LogP contribution is 2.20. The maximum Gasteiger partial charge on any atom is 0.242 e. The van der Waals surface area contributed by atoms with Crippen molar-refractivity contribution >= 4 is 27.3 Å². The van der Waals surface area contributed by atoms with E-state index in [1.807, 2.05) is 35.0 Å². The largest absolute Gasteiger partial charge is 0.307 e. The van der Waals surface area contributed by atoms with Crippen molar-refractivity contribution in [2.24, 2.45) is 0 Å². The predicted molar refractivity (Wildman–Crippen MR) is 85.5 cm³/mol. The summed E-state index contributed by atoms with van der Waals surface area (Å²) in [5.41, 5.74) is 1.67. The number of benzene rings is 1. The zero-order chi connectivity index (χ0) is 15.6. The van der Waals surface area contributed by atoms with Crippen LogP contribution >= 0.6 is 11.6 Å². The normalized spacial score (nSPS) is 11.9. The van der Waals surface area contributed by atoms with Crippen LogP contribution < -0.4 is 4.72 Å². The van der Waals surface area contributed by atoms with E-state index in [1.54, 1.807) is 18.2 Å². The molecule has 0 aliphatic heterocycles. The topological polar surface area (TPSA) is 63.5 Å². The van der Waals surface area contributed by atoms with Gasteiger partial charge in [-0.3, -0.25) is 0 Å². The average Bonchev–Trinajstić information content (AvgIpc) is 2.90. The summed E-state index contributed by atoms with van der Waals surface area (Å²) in [6.07, 6.45) is 4.30. The number of fused-ring (bicyclic) bond motifs is 1. The molecule has 0 spiro atoms. The molecule has 0 aliphatic carbocycles. The fourth-order valence-electron chi connectivity index (χ4n) is 2.16. The molecule has 2 heterocycles. The summed E-state index contributed by atoms with van der Waals surface area (Å²) in [5, 5.41) is 0.211. The van der Waals surface area contributed by atoms with E-state index in [-0.39, 0.29) is 16.5 Å². The molecule has 0 amide bonds. The van der Waals surface area contributed by atoms with Gasteiger partial charge in [0, 0.05) is 25.4 Å². The third-order valence-electron chi connectivity index (χ3n) is 3.21. The number of pyridine rings is 1. The molecule has 1 N–H and O–H groups in total. The SMILES string of the molecule is O=S(=O)(NCCc1cn2ccccc2n1)c1ccccc1Cl. The first-order valence-corrected chi connectivity index (χ1v) is 8.59. The van der Waals surface area contributed by atoms with Gasteiger partial charge in [-0.2, -0.15) is 0 Å². The van der Waals surface area contributed by atoms with Crippen molar-refractivity contribution in [1.29, 1.82) is 0 Å². The summed E-state index contributed by atoms with van der Waals surface area (Å²) < 4.78 is 28.8. The number of nitrogens with one attached hydrogen (secondary N) is 1. The number of rotatable bonds is 5. The van der Waals surface area contributed by atoms with Gasteiger partial charge in [0.15, 0.2) is 0 Å². The molecule has 3 aromatic rings. The third kappa shape index (κ3) is 3.14. The number of nitrogens with zero attached hydrogens (tertiary/aromatic N) is 2. The quantitative estimate of drug-likeness (QED) is 0.779. The van der Waals surface area contributed by atoms with Crippen LogP contribution in [0, 0.1) is 0 Å². The van der Waals surface area contributed by atoms with Gasteiger partial charge in [0.1, 0.15) is 10.5 Å². The molecule has 22 heavy (non-hydrogen) atoms. The highest BCUT2D eigenvalue weighted by atomic mass is 35.5. The summed E-state index contributed by atoms with van der Waals surface area (Å²) in [6.45, 7) is 0.261. The number of sulfonamides is 1. The molecule has 0 radical (unpaired) electrons. The third-order valence-corrected chi connectivity index (χ3v) is 5.17. The summed E-state index contributed by atoms with van der Waals surface area (Å²) in [6, 6.07) is 12.1. The van der Waals surface area contributed by atoms with E-state index < -0.39 is 10.0 Å². The maximum atomic E-state index is 12.2. The second-order valence-corrected chi connectivity index (χ2v) is 6.92. The minimum absolute atomic E-state index is 0.0895. The lowest BCUT2D eigenvalue weighted by atomic mass is 10.3. The lowest BCUT2D eigenvalue weighted by Crippen LogP contribution is -2.26. The van der Waals surface area contributed by atoms with E-state index in [2.05, 4.69) is 9.71 Å². The van der Waals surface area contributed by atoms with Gasteiger partial charge in [-0.05, 0) is 24.3 Å². The first-order valence-electron chi connectivity index (χ1n) is 6.73. The van der Waals surface area contributed by atoms with E-state index in [4.69, 9.17) is 11.6 Å². The Hall–Kier alpha value is -1.89. The van der Waals surface area contributed by atoms with E-state index in [1.165, 1.54) is 6.07 Å². The summed E-state index contributed by atoms with van der Waals surface area (Å²) >= 11 is 5.92. The second-order valence-electron chi connectivity index (χ2n) is 4.78. The number of imidazole rings is 1. The van der Waals surface area contributed by atoms with Crippen molar-refractivity contribution in [2.45, 2.75) is 11.3 Å². The Morgan fingerprint density at radius 3 is 2.68 bits per heavy atom. The van der Waals surface area contributed by atoms with Gasteiger partial charge in [-0.1, -0.05) is 29.8 Å². The van der Waals surface area contributed by atoms with Gasteiger partial charge < -0.3 is 4.40 Å². The molecule has 0 saturated heterocycles. The first-order chi connectivity index (χ1) is 10.6. The second kappa shape index (κ2) is 6.08. The molecule has 7 heteroatoms. The smallest absolute Gasteiger partial charge is 0.242 e. The van der Waals surface area contributed by atoms with Crippen LogP contribution in [-0.2, 0) is 16.4 Å². The van der Waals surface area contributed by atoms with Gasteiger partial charge in [-0.25, -0.2) is 18.1 Å². The van der Waals surface area contributed by atoms with Gasteiger partial charge in [0.25, 0.3) is 0 Å². The van der Waals surface area contributed by atoms with Crippen LogP contribution in [0.2, 0.25) is 5.02 Å². The van der Waals surface area contributed by atoms with Crippen LogP contribution in [0.1, 0.15) is 5.69 Å². The van der Waals surface area contributed by atoms with E-state index in [9.17, 15) is 8.42 Å². The highest BCUT2D eigenvalue weighted by Gasteiger charge is 2.16. The van der Waals surface area contributed by atoms with Gasteiger partial charge in [-0.15, -0.1) is 0 Å². The van der Waals surface area contributed by atoms with Crippen molar-refractivity contribution in [1.82, 2.24) is 14.1 Å². The van der Waals surface area contributed by atoms with Crippen LogP contribution in [0.4, 0.5) is 0 Å². The van der Waals surface area contributed by atoms with Gasteiger partial charge >= 0.3 is 0 Å². The molecular weight excluding hydrogens is 322 g/mol. The Balaban J connectivity index is 1.69. The van der Waals surface area contributed by atoms with Gasteiger partial charge in [0.05, 0.1) is 10.7 Å². The van der Waals surface area contributed by atoms with Crippen molar-refractivity contribution < 1.29 is 8.42 Å². The highest BCUT2D eigenvalue weighted by molar-refractivity contribution is 7.89. The predicted octanol–water partition coefficient (Wildman–Crippen LogP) is 2.51. The van der Waals surface area contributed by atoms with Crippen molar-refractivity contribution in [3.63, 3.8) is 0 Å².